The summed E-state index contributed by atoms with van der Waals surface area (Å²) in [5.41, 5.74) is 9.70. The second-order valence-electron chi connectivity index (χ2n) is 7.17. The fourth-order valence-corrected chi connectivity index (χ4v) is 4.01. The molecule has 2 aromatic carbocycles. The number of aliphatic hydroxyl groups excluding tert-OH is 1. The van der Waals surface area contributed by atoms with Gasteiger partial charge in [0.2, 0.25) is 5.95 Å². The standard InChI is InChI=1S/C22H23ClN4O/c23-18-4-1-3-16(13-18)17-5-6-19(20(24)14-17)21(28)15-7-11-27(12-8-15)22-25-9-2-10-26-22/h1-6,9-10,13-15,21,28H,7-8,11-12,24H2. The van der Waals surface area contributed by atoms with E-state index in [0.29, 0.717) is 10.7 Å². The zero-order chi connectivity index (χ0) is 19.5. The van der Waals surface area contributed by atoms with Crippen LogP contribution < -0.4 is 10.6 Å². The molecule has 1 aliphatic rings. The van der Waals surface area contributed by atoms with Gasteiger partial charge in [0.15, 0.2) is 0 Å². The van der Waals surface area contributed by atoms with E-state index >= 15 is 0 Å². The minimum absolute atomic E-state index is 0.166. The second kappa shape index (κ2) is 8.17. The van der Waals surface area contributed by atoms with Crippen LogP contribution >= 0.6 is 11.6 Å². The predicted octanol–water partition coefficient (Wildman–Crippen LogP) is 4.33. The number of halogens is 1. The van der Waals surface area contributed by atoms with Crippen molar-refractivity contribution in [3.05, 3.63) is 71.5 Å². The number of hydrogen-bond acceptors (Lipinski definition) is 5. The second-order valence-corrected chi connectivity index (χ2v) is 7.61. The maximum atomic E-state index is 10.9. The molecule has 0 saturated carbocycles. The molecule has 1 aromatic heterocycles. The molecule has 2 heterocycles. The molecule has 0 aliphatic carbocycles. The Morgan fingerprint density at radius 2 is 1.71 bits per heavy atom. The molecule has 0 bridgehead atoms. The van der Waals surface area contributed by atoms with E-state index < -0.39 is 6.10 Å². The highest BCUT2D eigenvalue weighted by Crippen LogP contribution is 2.36. The van der Waals surface area contributed by atoms with Crippen LogP contribution in [0.3, 0.4) is 0 Å². The molecule has 3 aromatic rings. The number of nitrogen functional groups attached to an aromatic ring is 1. The van der Waals surface area contributed by atoms with Crippen LogP contribution in [0.15, 0.2) is 60.9 Å². The van der Waals surface area contributed by atoms with Gasteiger partial charge in [0.05, 0.1) is 6.10 Å². The summed E-state index contributed by atoms with van der Waals surface area (Å²) in [6.45, 7) is 1.65. The summed E-state index contributed by atoms with van der Waals surface area (Å²) in [4.78, 5) is 10.8. The lowest BCUT2D eigenvalue weighted by Gasteiger charge is -2.34. The van der Waals surface area contributed by atoms with Crippen LogP contribution in [-0.4, -0.2) is 28.2 Å². The molecule has 1 aliphatic heterocycles. The van der Waals surface area contributed by atoms with Crippen molar-refractivity contribution in [2.45, 2.75) is 18.9 Å². The van der Waals surface area contributed by atoms with Gasteiger partial charge in [0, 0.05) is 41.8 Å². The van der Waals surface area contributed by atoms with E-state index in [0.717, 1.165) is 48.6 Å². The Morgan fingerprint density at radius 1 is 1.00 bits per heavy atom. The van der Waals surface area contributed by atoms with Crippen LogP contribution in [0, 0.1) is 5.92 Å². The van der Waals surface area contributed by atoms with Gasteiger partial charge in [-0.3, -0.25) is 0 Å². The fourth-order valence-electron chi connectivity index (χ4n) is 3.82. The van der Waals surface area contributed by atoms with E-state index in [9.17, 15) is 5.11 Å². The van der Waals surface area contributed by atoms with Crippen LogP contribution in [-0.2, 0) is 0 Å². The molecule has 144 valence electrons. The van der Waals surface area contributed by atoms with Gasteiger partial charge in [0.25, 0.3) is 0 Å². The van der Waals surface area contributed by atoms with Crippen molar-refractivity contribution in [3.8, 4) is 11.1 Å². The average molecular weight is 395 g/mol. The molecular weight excluding hydrogens is 372 g/mol. The molecule has 0 radical (unpaired) electrons. The minimum atomic E-state index is -0.577. The summed E-state index contributed by atoms with van der Waals surface area (Å²) in [7, 11) is 0. The Morgan fingerprint density at radius 3 is 2.39 bits per heavy atom. The summed E-state index contributed by atoms with van der Waals surface area (Å²) >= 11 is 6.09. The molecule has 4 rings (SSSR count). The van der Waals surface area contributed by atoms with Gasteiger partial charge in [-0.15, -0.1) is 0 Å². The summed E-state index contributed by atoms with van der Waals surface area (Å²) in [5.74, 6) is 0.917. The molecule has 3 N–H and O–H groups in total. The number of aliphatic hydroxyl groups is 1. The topological polar surface area (TPSA) is 75.3 Å². The molecule has 1 saturated heterocycles. The van der Waals surface area contributed by atoms with Crippen molar-refractivity contribution in [1.82, 2.24) is 9.97 Å². The minimum Gasteiger partial charge on any atom is -0.398 e. The monoisotopic (exact) mass is 394 g/mol. The summed E-state index contributed by atoms with van der Waals surface area (Å²) in [5, 5.41) is 11.6. The SMILES string of the molecule is Nc1cc(-c2cccc(Cl)c2)ccc1C(O)C1CCN(c2ncccn2)CC1. The number of hydrogen-bond donors (Lipinski definition) is 2. The number of benzene rings is 2. The van der Waals surface area contributed by atoms with Gasteiger partial charge in [-0.2, -0.15) is 0 Å². The molecule has 6 heteroatoms. The normalized spacial score (nSPS) is 16.1. The van der Waals surface area contributed by atoms with Gasteiger partial charge in [-0.05, 0) is 54.2 Å². The highest BCUT2D eigenvalue weighted by Gasteiger charge is 2.28. The maximum absolute atomic E-state index is 10.9. The van der Waals surface area contributed by atoms with Gasteiger partial charge < -0.3 is 15.7 Å². The quantitative estimate of drug-likeness (QED) is 0.644. The van der Waals surface area contributed by atoms with E-state index in [1.54, 1.807) is 12.4 Å². The molecule has 0 spiro atoms. The molecule has 0 amide bonds. The Hall–Kier alpha value is -2.63. The van der Waals surface area contributed by atoms with Crippen molar-refractivity contribution in [2.24, 2.45) is 5.92 Å². The summed E-state index contributed by atoms with van der Waals surface area (Å²) < 4.78 is 0. The van der Waals surface area contributed by atoms with Gasteiger partial charge in [0.1, 0.15) is 0 Å². The molecule has 28 heavy (non-hydrogen) atoms. The summed E-state index contributed by atoms with van der Waals surface area (Å²) in [6.07, 6.45) is 4.67. The predicted molar refractivity (Wildman–Crippen MR) is 113 cm³/mol. The van der Waals surface area contributed by atoms with Crippen molar-refractivity contribution in [1.29, 1.82) is 0 Å². The third-order valence-electron chi connectivity index (χ3n) is 5.38. The van der Waals surface area contributed by atoms with Gasteiger partial charge in [-0.25, -0.2) is 9.97 Å². The fraction of sp³-hybridized carbons (Fsp3) is 0.273. The maximum Gasteiger partial charge on any atom is 0.225 e. The van der Waals surface area contributed by atoms with Crippen molar-refractivity contribution in [2.75, 3.05) is 23.7 Å². The zero-order valence-electron chi connectivity index (χ0n) is 15.5. The molecule has 1 fully saturated rings. The van der Waals surface area contributed by atoms with E-state index in [-0.39, 0.29) is 5.92 Å². The van der Waals surface area contributed by atoms with E-state index in [1.165, 1.54) is 0 Å². The van der Waals surface area contributed by atoms with E-state index in [1.807, 2.05) is 48.5 Å². The molecule has 5 nitrogen and oxygen atoms in total. The van der Waals surface area contributed by atoms with Gasteiger partial charge >= 0.3 is 0 Å². The first kappa shape index (κ1) is 18.7. The average Bonchev–Trinajstić information content (AvgIpc) is 2.74. The van der Waals surface area contributed by atoms with Crippen molar-refractivity contribution >= 4 is 23.2 Å². The first-order valence-electron chi connectivity index (χ1n) is 9.47. The third-order valence-corrected chi connectivity index (χ3v) is 5.62. The highest BCUT2D eigenvalue weighted by molar-refractivity contribution is 6.30. The highest BCUT2D eigenvalue weighted by atomic mass is 35.5. The van der Waals surface area contributed by atoms with E-state index in [2.05, 4.69) is 14.9 Å². The summed E-state index contributed by atoms with van der Waals surface area (Å²) in [6, 6.07) is 15.3. The Kier molecular flexibility index (Phi) is 5.46. The lowest BCUT2D eigenvalue weighted by molar-refractivity contribution is 0.0934. The number of aromatic nitrogens is 2. The van der Waals surface area contributed by atoms with Crippen LogP contribution in [0.5, 0.6) is 0 Å². The zero-order valence-corrected chi connectivity index (χ0v) is 16.3. The number of nitrogens with zero attached hydrogens (tertiary/aromatic N) is 3. The lowest BCUT2D eigenvalue weighted by atomic mass is 9.86. The lowest BCUT2D eigenvalue weighted by Crippen LogP contribution is -2.36. The Labute approximate surface area is 169 Å². The van der Waals surface area contributed by atoms with Crippen molar-refractivity contribution in [3.63, 3.8) is 0 Å². The van der Waals surface area contributed by atoms with E-state index in [4.69, 9.17) is 17.3 Å². The largest absolute Gasteiger partial charge is 0.398 e. The molecule has 1 atom stereocenters. The van der Waals surface area contributed by atoms with Crippen LogP contribution in [0.4, 0.5) is 11.6 Å². The molecule has 1 unspecified atom stereocenters. The Bertz CT molecular complexity index is 942. The first-order valence-corrected chi connectivity index (χ1v) is 9.85. The number of piperidine rings is 1. The van der Waals surface area contributed by atoms with Crippen molar-refractivity contribution < 1.29 is 5.11 Å². The first-order chi connectivity index (χ1) is 13.6. The third kappa shape index (κ3) is 3.96. The Balaban J connectivity index is 1.46. The van der Waals surface area contributed by atoms with Gasteiger partial charge in [-0.1, -0.05) is 35.9 Å². The van der Waals surface area contributed by atoms with Crippen LogP contribution in [0.2, 0.25) is 5.02 Å². The van der Waals surface area contributed by atoms with Crippen LogP contribution in [0.25, 0.3) is 11.1 Å². The van der Waals surface area contributed by atoms with Crippen LogP contribution in [0.1, 0.15) is 24.5 Å². The number of nitrogens with two attached hydrogens (primary N) is 1. The molecular formula is C22H23ClN4O. The smallest absolute Gasteiger partial charge is 0.225 e. The number of anilines is 2. The number of rotatable bonds is 4.